The van der Waals surface area contributed by atoms with Crippen LogP contribution in [-0.4, -0.2) is 36.7 Å². The standard InChI is InChI=1S/C11H15N5O2/c1-6(2)8(11(17)18)13-9-10-15-14-7(3)16(10)5-4-12-9/h4-6,8H,1-3H3,(H,12,13)(H,17,18). The first kappa shape index (κ1) is 12.3. The smallest absolute Gasteiger partial charge is 0.326 e. The minimum atomic E-state index is -0.912. The lowest BCUT2D eigenvalue weighted by Gasteiger charge is -2.18. The van der Waals surface area contributed by atoms with E-state index in [1.807, 2.05) is 20.8 Å². The molecule has 2 N–H and O–H groups in total. The zero-order valence-corrected chi connectivity index (χ0v) is 10.5. The summed E-state index contributed by atoms with van der Waals surface area (Å²) in [5.41, 5.74) is 0.530. The number of nitrogens with one attached hydrogen (secondary N) is 1. The maximum Gasteiger partial charge on any atom is 0.326 e. The van der Waals surface area contributed by atoms with Crippen LogP contribution in [0.5, 0.6) is 0 Å². The van der Waals surface area contributed by atoms with Crippen molar-refractivity contribution in [3.05, 3.63) is 18.2 Å². The summed E-state index contributed by atoms with van der Waals surface area (Å²) in [7, 11) is 0. The molecular formula is C11H15N5O2. The number of hydrogen-bond acceptors (Lipinski definition) is 5. The number of fused-ring (bicyclic) bond motifs is 1. The van der Waals surface area contributed by atoms with Crippen LogP contribution in [0, 0.1) is 12.8 Å². The minimum absolute atomic E-state index is 0.0615. The molecule has 96 valence electrons. The van der Waals surface area contributed by atoms with Gasteiger partial charge in [0.25, 0.3) is 0 Å². The fourth-order valence-corrected chi connectivity index (χ4v) is 1.70. The van der Waals surface area contributed by atoms with Gasteiger partial charge >= 0.3 is 5.97 Å². The van der Waals surface area contributed by atoms with E-state index in [9.17, 15) is 4.79 Å². The van der Waals surface area contributed by atoms with E-state index in [1.54, 1.807) is 16.8 Å². The summed E-state index contributed by atoms with van der Waals surface area (Å²) < 4.78 is 1.76. The summed E-state index contributed by atoms with van der Waals surface area (Å²) in [5, 5.41) is 20.0. The summed E-state index contributed by atoms with van der Waals surface area (Å²) in [4.78, 5) is 15.3. The predicted molar refractivity (Wildman–Crippen MR) is 65.4 cm³/mol. The molecule has 2 aromatic heterocycles. The fraction of sp³-hybridized carbons (Fsp3) is 0.455. The van der Waals surface area contributed by atoms with Gasteiger partial charge in [-0.15, -0.1) is 10.2 Å². The van der Waals surface area contributed by atoms with Gasteiger partial charge in [-0.3, -0.25) is 4.40 Å². The Kier molecular flexibility index (Phi) is 3.14. The van der Waals surface area contributed by atoms with Gasteiger partial charge in [-0.25, -0.2) is 9.78 Å². The Bertz CT molecular complexity index is 578. The van der Waals surface area contributed by atoms with Crippen molar-refractivity contribution in [2.24, 2.45) is 5.92 Å². The number of aromatic nitrogens is 4. The molecule has 2 heterocycles. The number of carboxylic acid groups (broad SMARTS) is 1. The third-order valence-electron chi connectivity index (χ3n) is 2.72. The summed E-state index contributed by atoms with van der Waals surface area (Å²) >= 11 is 0. The summed E-state index contributed by atoms with van der Waals surface area (Å²) in [6, 6.07) is -0.708. The van der Waals surface area contributed by atoms with E-state index in [1.165, 1.54) is 0 Å². The number of aliphatic carboxylic acids is 1. The number of aryl methyl sites for hydroxylation is 1. The molecule has 2 rings (SSSR count). The van der Waals surface area contributed by atoms with Crippen LogP contribution in [0.1, 0.15) is 19.7 Å². The number of carbonyl (C=O) groups is 1. The van der Waals surface area contributed by atoms with Crippen LogP contribution >= 0.6 is 0 Å². The monoisotopic (exact) mass is 249 g/mol. The van der Waals surface area contributed by atoms with E-state index in [2.05, 4.69) is 20.5 Å². The predicted octanol–water partition coefficient (Wildman–Crippen LogP) is 0.954. The van der Waals surface area contributed by atoms with Gasteiger partial charge in [-0.05, 0) is 12.8 Å². The second-order valence-electron chi connectivity index (χ2n) is 4.42. The Hall–Kier alpha value is -2.18. The number of hydrogen-bond donors (Lipinski definition) is 2. The maximum absolute atomic E-state index is 11.2. The minimum Gasteiger partial charge on any atom is -0.480 e. The highest BCUT2D eigenvalue weighted by Crippen LogP contribution is 2.15. The average Bonchev–Trinajstić information content (AvgIpc) is 2.68. The van der Waals surface area contributed by atoms with Gasteiger partial charge in [0.1, 0.15) is 11.9 Å². The van der Waals surface area contributed by atoms with E-state index < -0.39 is 12.0 Å². The number of rotatable bonds is 4. The van der Waals surface area contributed by atoms with Gasteiger partial charge in [0.05, 0.1) is 0 Å². The molecule has 0 aliphatic rings. The lowest BCUT2D eigenvalue weighted by Crippen LogP contribution is -2.34. The lowest BCUT2D eigenvalue weighted by atomic mass is 10.1. The van der Waals surface area contributed by atoms with E-state index in [0.29, 0.717) is 11.5 Å². The van der Waals surface area contributed by atoms with Crippen LogP contribution < -0.4 is 5.32 Å². The van der Waals surface area contributed by atoms with E-state index in [-0.39, 0.29) is 5.92 Å². The van der Waals surface area contributed by atoms with Gasteiger partial charge < -0.3 is 10.4 Å². The third-order valence-corrected chi connectivity index (χ3v) is 2.72. The molecule has 0 aromatic carbocycles. The fourth-order valence-electron chi connectivity index (χ4n) is 1.70. The molecule has 0 aliphatic heterocycles. The molecule has 1 atom stereocenters. The average molecular weight is 249 g/mol. The molecule has 0 saturated heterocycles. The number of nitrogens with zero attached hydrogens (tertiary/aromatic N) is 4. The second-order valence-corrected chi connectivity index (χ2v) is 4.42. The Balaban J connectivity index is 2.39. The second kappa shape index (κ2) is 4.59. The van der Waals surface area contributed by atoms with E-state index in [0.717, 1.165) is 5.82 Å². The molecule has 0 amide bonds. The Labute approximate surface area is 104 Å². The third kappa shape index (κ3) is 2.11. The molecule has 0 spiro atoms. The molecule has 18 heavy (non-hydrogen) atoms. The zero-order valence-electron chi connectivity index (χ0n) is 10.5. The van der Waals surface area contributed by atoms with Crippen LogP contribution in [-0.2, 0) is 4.79 Å². The van der Waals surface area contributed by atoms with Crippen LogP contribution in [0.2, 0.25) is 0 Å². The van der Waals surface area contributed by atoms with Crippen molar-refractivity contribution < 1.29 is 9.90 Å². The molecular weight excluding hydrogens is 234 g/mol. The van der Waals surface area contributed by atoms with Crippen LogP contribution in [0.25, 0.3) is 5.65 Å². The molecule has 0 bridgehead atoms. The first-order valence-electron chi connectivity index (χ1n) is 5.66. The Morgan fingerprint density at radius 2 is 2.17 bits per heavy atom. The summed E-state index contributed by atoms with van der Waals surface area (Å²) in [6.07, 6.45) is 3.33. The molecule has 7 heteroatoms. The molecule has 0 aliphatic carbocycles. The lowest BCUT2D eigenvalue weighted by molar-refractivity contribution is -0.138. The Morgan fingerprint density at radius 3 is 2.78 bits per heavy atom. The van der Waals surface area contributed by atoms with Crippen molar-refractivity contribution in [1.29, 1.82) is 0 Å². The number of carboxylic acids is 1. The maximum atomic E-state index is 11.2. The number of anilines is 1. The van der Waals surface area contributed by atoms with Crippen LogP contribution in [0.3, 0.4) is 0 Å². The molecule has 1 unspecified atom stereocenters. The van der Waals surface area contributed by atoms with Gasteiger partial charge in [-0.2, -0.15) is 0 Å². The first-order chi connectivity index (χ1) is 8.50. The Morgan fingerprint density at radius 1 is 1.44 bits per heavy atom. The molecule has 7 nitrogen and oxygen atoms in total. The van der Waals surface area contributed by atoms with Gasteiger partial charge in [0, 0.05) is 12.4 Å². The van der Waals surface area contributed by atoms with Gasteiger partial charge in [0.2, 0.25) is 5.65 Å². The van der Waals surface area contributed by atoms with Gasteiger partial charge in [0.15, 0.2) is 5.82 Å². The van der Waals surface area contributed by atoms with Crippen molar-refractivity contribution in [2.45, 2.75) is 26.8 Å². The highest BCUT2D eigenvalue weighted by Gasteiger charge is 2.23. The van der Waals surface area contributed by atoms with Crippen molar-refractivity contribution in [2.75, 3.05) is 5.32 Å². The van der Waals surface area contributed by atoms with Crippen molar-refractivity contribution in [1.82, 2.24) is 19.6 Å². The quantitative estimate of drug-likeness (QED) is 0.838. The van der Waals surface area contributed by atoms with Crippen molar-refractivity contribution in [3.63, 3.8) is 0 Å². The van der Waals surface area contributed by atoms with Crippen LogP contribution in [0.15, 0.2) is 12.4 Å². The van der Waals surface area contributed by atoms with E-state index >= 15 is 0 Å². The highest BCUT2D eigenvalue weighted by atomic mass is 16.4. The van der Waals surface area contributed by atoms with Gasteiger partial charge in [-0.1, -0.05) is 13.8 Å². The molecule has 0 radical (unpaired) electrons. The van der Waals surface area contributed by atoms with E-state index in [4.69, 9.17) is 5.11 Å². The zero-order chi connectivity index (χ0) is 13.3. The first-order valence-corrected chi connectivity index (χ1v) is 5.66. The molecule has 0 fully saturated rings. The summed E-state index contributed by atoms with van der Waals surface area (Å²) in [5.74, 6) is 0.185. The van der Waals surface area contributed by atoms with Crippen molar-refractivity contribution >= 4 is 17.4 Å². The normalized spacial score (nSPS) is 12.9. The molecule has 2 aromatic rings. The largest absolute Gasteiger partial charge is 0.480 e. The topological polar surface area (TPSA) is 92.4 Å². The molecule has 0 saturated carbocycles. The van der Waals surface area contributed by atoms with Crippen molar-refractivity contribution in [3.8, 4) is 0 Å². The highest BCUT2D eigenvalue weighted by molar-refractivity contribution is 5.79. The SMILES string of the molecule is Cc1nnc2c(NC(C(=O)O)C(C)C)nccn12. The van der Waals surface area contributed by atoms with Crippen LogP contribution in [0.4, 0.5) is 5.82 Å². The summed E-state index contributed by atoms with van der Waals surface area (Å²) in [6.45, 7) is 5.49.